The van der Waals surface area contributed by atoms with Crippen molar-refractivity contribution in [3.63, 3.8) is 0 Å². The van der Waals surface area contributed by atoms with Crippen molar-refractivity contribution in [2.24, 2.45) is 0 Å². The standard InChI is InChI=1S/C15H13N3O3/c19-15(14-9-16-5-6-17-14)18(10-12-3-1-7-20-12)11-13-4-2-8-21-13/h1-9H,10-11H2. The van der Waals surface area contributed by atoms with Crippen molar-refractivity contribution >= 4 is 5.91 Å². The average Bonchev–Trinajstić information content (AvgIpc) is 3.20. The highest BCUT2D eigenvalue weighted by Gasteiger charge is 2.20. The summed E-state index contributed by atoms with van der Waals surface area (Å²) < 4.78 is 10.6. The van der Waals surface area contributed by atoms with E-state index in [1.54, 1.807) is 29.6 Å². The molecule has 0 aromatic carbocycles. The second-order valence-electron chi connectivity index (χ2n) is 4.41. The van der Waals surface area contributed by atoms with Gasteiger partial charge in [0.05, 0.1) is 31.8 Å². The summed E-state index contributed by atoms with van der Waals surface area (Å²) in [5.41, 5.74) is 0.288. The normalized spacial score (nSPS) is 10.5. The van der Waals surface area contributed by atoms with Crippen LogP contribution in [0.1, 0.15) is 22.0 Å². The molecule has 0 radical (unpaired) electrons. The summed E-state index contributed by atoms with van der Waals surface area (Å²) >= 11 is 0. The molecule has 0 aliphatic heterocycles. The number of furan rings is 2. The first-order chi connectivity index (χ1) is 10.3. The third-order valence-corrected chi connectivity index (χ3v) is 2.92. The SMILES string of the molecule is O=C(c1cnccn1)N(Cc1ccco1)Cc1ccco1. The Morgan fingerprint density at radius 1 is 1.05 bits per heavy atom. The Morgan fingerprint density at radius 2 is 1.71 bits per heavy atom. The van der Waals surface area contributed by atoms with E-state index in [1.807, 2.05) is 12.1 Å². The molecule has 3 aromatic heterocycles. The Bertz CT molecular complexity index is 642. The molecule has 3 aromatic rings. The number of hydrogen-bond donors (Lipinski definition) is 0. The van der Waals surface area contributed by atoms with Crippen molar-refractivity contribution in [1.82, 2.24) is 14.9 Å². The lowest BCUT2D eigenvalue weighted by Gasteiger charge is -2.19. The van der Waals surface area contributed by atoms with Crippen LogP contribution in [0.15, 0.2) is 64.2 Å². The molecule has 0 aliphatic rings. The Balaban J connectivity index is 1.82. The molecule has 0 fully saturated rings. The van der Waals surface area contributed by atoms with Gasteiger partial charge in [0, 0.05) is 12.4 Å². The lowest BCUT2D eigenvalue weighted by atomic mass is 10.3. The molecule has 21 heavy (non-hydrogen) atoms. The van der Waals surface area contributed by atoms with Crippen molar-refractivity contribution in [1.29, 1.82) is 0 Å². The number of nitrogens with zero attached hydrogens (tertiary/aromatic N) is 3. The molecule has 0 N–H and O–H groups in total. The van der Waals surface area contributed by atoms with Crippen LogP contribution in [0.5, 0.6) is 0 Å². The highest BCUT2D eigenvalue weighted by molar-refractivity contribution is 5.91. The third kappa shape index (κ3) is 3.17. The maximum Gasteiger partial charge on any atom is 0.274 e. The van der Waals surface area contributed by atoms with Crippen LogP contribution in [-0.4, -0.2) is 20.8 Å². The molecule has 6 heteroatoms. The van der Waals surface area contributed by atoms with Gasteiger partial charge in [-0.05, 0) is 24.3 Å². The van der Waals surface area contributed by atoms with Gasteiger partial charge in [0.2, 0.25) is 0 Å². The number of carbonyl (C=O) groups excluding carboxylic acids is 1. The van der Waals surface area contributed by atoms with E-state index in [4.69, 9.17) is 8.83 Å². The Labute approximate surface area is 121 Å². The van der Waals surface area contributed by atoms with E-state index in [9.17, 15) is 4.79 Å². The summed E-state index contributed by atoms with van der Waals surface area (Å²) in [6, 6.07) is 7.21. The number of amides is 1. The minimum Gasteiger partial charge on any atom is -0.467 e. The predicted molar refractivity (Wildman–Crippen MR) is 73.0 cm³/mol. The van der Waals surface area contributed by atoms with E-state index in [0.29, 0.717) is 24.6 Å². The van der Waals surface area contributed by atoms with Gasteiger partial charge in [-0.15, -0.1) is 0 Å². The summed E-state index contributed by atoms with van der Waals surface area (Å²) in [5.74, 6) is 1.16. The molecule has 0 saturated carbocycles. The van der Waals surface area contributed by atoms with Crippen LogP contribution >= 0.6 is 0 Å². The molecule has 106 valence electrons. The Morgan fingerprint density at radius 3 is 2.19 bits per heavy atom. The van der Waals surface area contributed by atoms with Gasteiger partial charge in [0.1, 0.15) is 17.2 Å². The quantitative estimate of drug-likeness (QED) is 0.719. The van der Waals surface area contributed by atoms with Gasteiger partial charge < -0.3 is 13.7 Å². The van der Waals surface area contributed by atoms with Crippen molar-refractivity contribution in [2.75, 3.05) is 0 Å². The van der Waals surface area contributed by atoms with Crippen molar-refractivity contribution in [3.05, 3.63) is 72.6 Å². The van der Waals surface area contributed by atoms with Gasteiger partial charge in [0.15, 0.2) is 0 Å². The highest BCUT2D eigenvalue weighted by atomic mass is 16.3. The van der Waals surface area contributed by atoms with Crippen LogP contribution < -0.4 is 0 Å². The molecule has 0 unspecified atom stereocenters. The minimum absolute atomic E-state index is 0.226. The summed E-state index contributed by atoms with van der Waals surface area (Å²) in [6.45, 7) is 0.673. The largest absolute Gasteiger partial charge is 0.467 e. The molecule has 1 amide bonds. The fraction of sp³-hybridized carbons (Fsp3) is 0.133. The molecular weight excluding hydrogens is 270 g/mol. The lowest BCUT2D eigenvalue weighted by molar-refractivity contribution is 0.0698. The van der Waals surface area contributed by atoms with Crippen LogP contribution in [0.4, 0.5) is 0 Å². The number of hydrogen-bond acceptors (Lipinski definition) is 5. The minimum atomic E-state index is -0.226. The predicted octanol–water partition coefficient (Wildman–Crippen LogP) is 2.51. The van der Waals surface area contributed by atoms with Crippen LogP contribution in [-0.2, 0) is 13.1 Å². The van der Waals surface area contributed by atoms with Crippen molar-refractivity contribution in [2.45, 2.75) is 13.1 Å². The van der Waals surface area contributed by atoms with Crippen LogP contribution in [0.25, 0.3) is 0 Å². The maximum atomic E-state index is 12.5. The van der Waals surface area contributed by atoms with Crippen molar-refractivity contribution in [3.8, 4) is 0 Å². The summed E-state index contributed by atoms with van der Waals surface area (Å²) in [7, 11) is 0. The third-order valence-electron chi connectivity index (χ3n) is 2.92. The first kappa shape index (κ1) is 13.1. The second-order valence-corrected chi connectivity index (χ2v) is 4.41. The van der Waals surface area contributed by atoms with Gasteiger partial charge in [-0.2, -0.15) is 0 Å². The first-order valence-electron chi connectivity index (χ1n) is 6.43. The zero-order valence-corrected chi connectivity index (χ0v) is 11.2. The van der Waals surface area contributed by atoms with E-state index < -0.39 is 0 Å². The first-order valence-corrected chi connectivity index (χ1v) is 6.43. The van der Waals surface area contributed by atoms with E-state index in [-0.39, 0.29) is 11.6 Å². The highest BCUT2D eigenvalue weighted by Crippen LogP contribution is 2.13. The molecule has 6 nitrogen and oxygen atoms in total. The van der Waals surface area contributed by atoms with Gasteiger partial charge in [-0.1, -0.05) is 0 Å². The molecular formula is C15H13N3O3. The topological polar surface area (TPSA) is 72.4 Å². The van der Waals surface area contributed by atoms with Crippen LogP contribution in [0.2, 0.25) is 0 Å². The molecule has 3 rings (SSSR count). The Hall–Kier alpha value is -2.89. The van der Waals surface area contributed by atoms with Crippen molar-refractivity contribution < 1.29 is 13.6 Å². The molecule has 3 heterocycles. The van der Waals surface area contributed by atoms with E-state index in [1.165, 1.54) is 18.6 Å². The van der Waals surface area contributed by atoms with Crippen LogP contribution in [0, 0.1) is 0 Å². The van der Waals surface area contributed by atoms with Gasteiger partial charge in [-0.3, -0.25) is 9.78 Å². The summed E-state index contributed by atoms with van der Waals surface area (Å²) in [4.78, 5) is 22.1. The summed E-state index contributed by atoms with van der Waals surface area (Å²) in [6.07, 6.45) is 7.62. The summed E-state index contributed by atoms with van der Waals surface area (Å²) in [5, 5.41) is 0. The Kier molecular flexibility index (Phi) is 3.77. The van der Waals surface area contributed by atoms with E-state index >= 15 is 0 Å². The second kappa shape index (κ2) is 6.04. The zero-order valence-electron chi connectivity index (χ0n) is 11.2. The lowest BCUT2D eigenvalue weighted by Crippen LogP contribution is -2.30. The molecule has 0 spiro atoms. The zero-order chi connectivity index (χ0) is 14.5. The van der Waals surface area contributed by atoms with Gasteiger partial charge >= 0.3 is 0 Å². The fourth-order valence-electron chi connectivity index (χ4n) is 1.95. The average molecular weight is 283 g/mol. The number of rotatable bonds is 5. The van der Waals surface area contributed by atoms with E-state index in [0.717, 1.165) is 0 Å². The fourth-order valence-corrected chi connectivity index (χ4v) is 1.95. The molecule has 0 saturated heterocycles. The van der Waals surface area contributed by atoms with E-state index in [2.05, 4.69) is 9.97 Å². The van der Waals surface area contributed by atoms with Crippen LogP contribution in [0.3, 0.4) is 0 Å². The van der Waals surface area contributed by atoms with Gasteiger partial charge in [-0.25, -0.2) is 4.98 Å². The molecule has 0 aliphatic carbocycles. The monoisotopic (exact) mass is 283 g/mol. The smallest absolute Gasteiger partial charge is 0.274 e. The molecule has 0 bridgehead atoms. The maximum absolute atomic E-state index is 12.5. The number of aromatic nitrogens is 2. The van der Waals surface area contributed by atoms with Gasteiger partial charge in [0.25, 0.3) is 5.91 Å². The number of carbonyl (C=O) groups is 1. The molecule has 0 atom stereocenters.